The fourth-order valence-electron chi connectivity index (χ4n) is 1.46. The van der Waals surface area contributed by atoms with Crippen molar-refractivity contribution in [1.29, 1.82) is 5.26 Å². The molecule has 0 saturated carbocycles. The number of benzene rings is 1. The minimum atomic E-state index is -0.385. The highest BCUT2D eigenvalue weighted by molar-refractivity contribution is 6.34. The van der Waals surface area contributed by atoms with Crippen molar-refractivity contribution in [3.8, 4) is 6.07 Å². The highest BCUT2D eigenvalue weighted by Gasteiger charge is 2.11. The van der Waals surface area contributed by atoms with Crippen molar-refractivity contribution < 1.29 is 4.79 Å². The number of hydrogen-bond donors (Lipinski definition) is 2. The Balaban J connectivity index is 2.21. The maximum atomic E-state index is 12.0. The van der Waals surface area contributed by atoms with E-state index in [2.05, 4.69) is 10.3 Å². The van der Waals surface area contributed by atoms with Gasteiger partial charge in [0.1, 0.15) is 5.82 Å². The zero-order chi connectivity index (χ0) is 13.8. The van der Waals surface area contributed by atoms with Crippen LogP contribution in [0.15, 0.2) is 36.5 Å². The van der Waals surface area contributed by atoms with Crippen molar-refractivity contribution in [2.45, 2.75) is 0 Å². The van der Waals surface area contributed by atoms with E-state index in [1.165, 1.54) is 12.3 Å². The summed E-state index contributed by atoms with van der Waals surface area (Å²) >= 11 is 5.88. The number of carbonyl (C=O) groups is 1. The summed E-state index contributed by atoms with van der Waals surface area (Å²) in [7, 11) is 0. The van der Waals surface area contributed by atoms with Crippen molar-refractivity contribution in [3.05, 3.63) is 52.7 Å². The van der Waals surface area contributed by atoms with Crippen LogP contribution >= 0.6 is 11.6 Å². The molecule has 0 atom stereocenters. The lowest BCUT2D eigenvalue weighted by Crippen LogP contribution is -2.13. The number of amides is 1. The Morgan fingerprint density at radius 2 is 2.05 bits per heavy atom. The number of halogens is 1. The highest BCUT2D eigenvalue weighted by Crippen LogP contribution is 2.18. The van der Waals surface area contributed by atoms with Gasteiger partial charge in [-0.05, 0) is 30.3 Å². The standard InChI is InChI=1S/C13H9ClN4O/c14-11-7-17-12(16)5-10(11)13(19)18-9-3-1-8(6-15)2-4-9/h1-5,7H,(H2,16,17)(H,18,19). The second-order valence-corrected chi connectivity index (χ2v) is 4.14. The van der Waals surface area contributed by atoms with Gasteiger partial charge in [-0.3, -0.25) is 4.79 Å². The number of anilines is 2. The van der Waals surface area contributed by atoms with Crippen LogP contribution in [0.4, 0.5) is 11.5 Å². The topological polar surface area (TPSA) is 91.8 Å². The predicted molar refractivity (Wildman–Crippen MR) is 72.8 cm³/mol. The van der Waals surface area contributed by atoms with Crippen LogP contribution in [0.1, 0.15) is 15.9 Å². The quantitative estimate of drug-likeness (QED) is 0.878. The number of rotatable bonds is 2. The zero-order valence-electron chi connectivity index (χ0n) is 9.72. The van der Waals surface area contributed by atoms with E-state index in [1.54, 1.807) is 24.3 Å². The van der Waals surface area contributed by atoms with Crippen LogP contribution in [0.2, 0.25) is 5.02 Å². The molecule has 1 aromatic carbocycles. The van der Waals surface area contributed by atoms with Gasteiger partial charge in [0.15, 0.2) is 0 Å². The van der Waals surface area contributed by atoms with Gasteiger partial charge in [-0.2, -0.15) is 5.26 Å². The van der Waals surface area contributed by atoms with E-state index in [4.69, 9.17) is 22.6 Å². The Morgan fingerprint density at radius 3 is 2.68 bits per heavy atom. The van der Waals surface area contributed by atoms with Crippen molar-refractivity contribution in [2.24, 2.45) is 0 Å². The van der Waals surface area contributed by atoms with Gasteiger partial charge in [-0.15, -0.1) is 0 Å². The molecule has 0 aliphatic carbocycles. The molecule has 0 saturated heterocycles. The minimum absolute atomic E-state index is 0.217. The first-order valence-corrected chi connectivity index (χ1v) is 5.70. The van der Waals surface area contributed by atoms with E-state index in [0.717, 1.165) is 0 Å². The first kappa shape index (κ1) is 12.9. The minimum Gasteiger partial charge on any atom is -0.384 e. The fourth-order valence-corrected chi connectivity index (χ4v) is 1.64. The number of hydrogen-bond acceptors (Lipinski definition) is 4. The van der Waals surface area contributed by atoms with E-state index in [-0.39, 0.29) is 22.3 Å². The molecule has 0 bridgehead atoms. The number of aromatic nitrogens is 1. The van der Waals surface area contributed by atoms with Crippen molar-refractivity contribution in [2.75, 3.05) is 11.1 Å². The number of carbonyl (C=O) groups excluding carboxylic acids is 1. The molecule has 5 nitrogen and oxygen atoms in total. The van der Waals surface area contributed by atoms with Gasteiger partial charge < -0.3 is 11.1 Å². The largest absolute Gasteiger partial charge is 0.384 e. The predicted octanol–water partition coefficient (Wildman–Crippen LogP) is 2.44. The average Bonchev–Trinajstić information content (AvgIpc) is 2.42. The van der Waals surface area contributed by atoms with Crippen molar-refractivity contribution >= 4 is 29.0 Å². The van der Waals surface area contributed by atoms with Crippen LogP contribution in [-0.2, 0) is 0 Å². The molecule has 19 heavy (non-hydrogen) atoms. The fraction of sp³-hybridized carbons (Fsp3) is 0. The van der Waals surface area contributed by atoms with Gasteiger partial charge in [-0.25, -0.2) is 4.98 Å². The maximum Gasteiger partial charge on any atom is 0.257 e. The Hall–Kier alpha value is -2.58. The third-order valence-electron chi connectivity index (χ3n) is 2.39. The van der Waals surface area contributed by atoms with E-state index >= 15 is 0 Å². The number of pyridine rings is 1. The average molecular weight is 273 g/mol. The van der Waals surface area contributed by atoms with Crippen molar-refractivity contribution in [3.63, 3.8) is 0 Å². The first-order valence-electron chi connectivity index (χ1n) is 5.32. The van der Waals surface area contributed by atoms with E-state index < -0.39 is 0 Å². The molecule has 6 heteroatoms. The molecule has 1 amide bonds. The molecular weight excluding hydrogens is 264 g/mol. The number of nitriles is 1. The van der Waals surface area contributed by atoms with Crippen LogP contribution in [0.3, 0.4) is 0 Å². The molecule has 0 radical (unpaired) electrons. The molecule has 94 valence electrons. The summed E-state index contributed by atoms with van der Waals surface area (Å²) < 4.78 is 0. The summed E-state index contributed by atoms with van der Waals surface area (Å²) in [4.78, 5) is 15.8. The number of nitrogens with zero attached hydrogens (tertiary/aromatic N) is 2. The summed E-state index contributed by atoms with van der Waals surface area (Å²) in [5, 5.41) is 11.6. The molecule has 2 aromatic rings. The van der Waals surface area contributed by atoms with Gasteiger partial charge in [-0.1, -0.05) is 11.6 Å². The smallest absolute Gasteiger partial charge is 0.257 e. The zero-order valence-corrected chi connectivity index (χ0v) is 10.5. The highest BCUT2D eigenvalue weighted by atomic mass is 35.5. The van der Waals surface area contributed by atoms with Crippen molar-refractivity contribution in [1.82, 2.24) is 4.98 Å². The van der Waals surface area contributed by atoms with Gasteiger partial charge in [0.25, 0.3) is 5.91 Å². The summed E-state index contributed by atoms with van der Waals surface area (Å²) in [6, 6.07) is 9.89. The molecule has 0 aliphatic rings. The Bertz CT molecular complexity index is 661. The Morgan fingerprint density at radius 1 is 1.37 bits per heavy atom. The monoisotopic (exact) mass is 272 g/mol. The maximum absolute atomic E-state index is 12.0. The Kier molecular flexibility index (Phi) is 3.64. The number of nitrogens with one attached hydrogen (secondary N) is 1. The molecule has 1 aromatic heterocycles. The van der Waals surface area contributed by atoms with Crippen LogP contribution in [0.25, 0.3) is 0 Å². The van der Waals surface area contributed by atoms with Crippen LogP contribution in [0, 0.1) is 11.3 Å². The van der Waals surface area contributed by atoms with Gasteiger partial charge in [0.2, 0.25) is 0 Å². The summed E-state index contributed by atoms with van der Waals surface area (Å²) in [5.74, 6) is -0.168. The third kappa shape index (κ3) is 3.00. The third-order valence-corrected chi connectivity index (χ3v) is 2.69. The van der Waals surface area contributed by atoms with E-state index in [1.807, 2.05) is 6.07 Å². The molecular formula is C13H9ClN4O. The van der Waals surface area contributed by atoms with Crippen LogP contribution in [-0.4, -0.2) is 10.9 Å². The second kappa shape index (κ2) is 5.38. The molecule has 3 N–H and O–H groups in total. The molecule has 0 fully saturated rings. The summed E-state index contributed by atoms with van der Waals surface area (Å²) in [6.07, 6.45) is 1.32. The SMILES string of the molecule is N#Cc1ccc(NC(=O)c2cc(N)ncc2Cl)cc1. The van der Waals surface area contributed by atoms with E-state index in [0.29, 0.717) is 11.3 Å². The Labute approximate surface area is 114 Å². The molecule has 0 unspecified atom stereocenters. The summed E-state index contributed by atoms with van der Waals surface area (Å²) in [6.45, 7) is 0. The molecule has 0 spiro atoms. The lowest BCUT2D eigenvalue weighted by Gasteiger charge is -2.07. The second-order valence-electron chi connectivity index (χ2n) is 3.73. The number of nitrogen functional groups attached to an aromatic ring is 1. The molecule has 0 aliphatic heterocycles. The van der Waals surface area contributed by atoms with Gasteiger partial charge in [0.05, 0.1) is 22.2 Å². The normalized spacial score (nSPS) is 9.68. The van der Waals surface area contributed by atoms with Gasteiger partial charge in [0, 0.05) is 11.9 Å². The summed E-state index contributed by atoms with van der Waals surface area (Å²) in [5.41, 5.74) is 6.84. The van der Waals surface area contributed by atoms with Crippen LogP contribution in [0.5, 0.6) is 0 Å². The molecule has 2 rings (SSSR count). The van der Waals surface area contributed by atoms with Gasteiger partial charge >= 0.3 is 0 Å². The van der Waals surface area contributed by atoms with E-state index in [9.17, 15) is 4.79 Å². The van der Waals surface area contributed by atoms with Crippen LogP contribution < -0.4 is 11.1 Å². The number of nitrogens with two attached hydrogens (primary N) is 1. The lowest BCUT2D eigenvalue weighted by atomic mass is 10.2. The lowest BCUT2D eigenvalue weighted by molar-refractivity contribution is 0.102. The first-order chi connectivity index (χ1) is 9.10. The molecule has 1 heterocycles.